The molecule has 1 heterocycles. The molecular weight excluding hydrogens is 346 g/mol. The first-order valence-electron chi connectivity index (χ1n) is 9.64. The minimum Gasteiger partial charge on any atom is -0.359 e. The lowest BCUT2D eigenvalue weighted by Gasteiger charge is -2.21. The zero-order valence-electron chi connectivity index (χ0n) is 16.4. The predicted molar refractivity (Wildman–Crippen MR) is 110 cm³/mol. The fourth-order valence-corrected chi connectivity index (χ4v) is 4.35. The molecule has 0 fully saturated rings. The smallest absolute Gasteiger partial charge is 0.234 e. The number of para-hydroxylation sites is 1. The van der Waals surface area contributed by atoms with Crippen LogP contribution >= 0.6 is 0 Å². The molecular formula is C20H33N3O2S. The van der Waals surface area contributed by atoms with Gasteiger partial charge in [0.2, 0.25) is 10.0 Å². The fourth-order valence-electron chi connectivity index (χ4n) is 3.14. The van der Waals surface area contributed by atoms with Gasteiger partial charge in [-0.25, -0.2) is 8.42 Å². The maximum atomic E-state index is 12.4. The van der Waals surface area contributed by atoms with Crippen molar-refractivity contribution in [2.45, 2.75) is 52.9 Å². The summed E-state index contributed by atoms with van der Waals surface area (Å²) in [5, 5.41) is 0. The Hall–Kier alpha value is -1.69. The minimum atomic E-state index is -3.36. The highest BCUT2D eigenvalue weighted by atomic mass is 32.2. The third-order valence-electron chi connectivity index (χ3n) is 4.79. The second kappa shape index (κ2) is 9.86. The summed E-state index contributed by atoms with van der Waals surface area (Å²) >= 11 is 0. The molecule has 0 radical (unpaired) electrons. The van der Waals surface area contributed by atoms with Crippen molar-refractivity contribution < 1.29 is 8.42 Å². The average Bonchev–Trinajstić information content (AvgIpc) is 3.04. The normalized spacial score (nSPS) is 14.3. The van der Waals surface area contributed by atoms with E-state index in [4.69, 9.17) is 0 Å². The van der Waals surface area contributed by atoms with Crippen molar-refractivity contribution >= 4 is 15.7 Å². The number of hydrogen-bond donors (Lipinski definition) is 1. The Morgan fingerprint density at radius 3 is 2.23 bits per heavy atom. The lowest BCUT2D eigenvalue weighted by molar-refractivity contribution is 0.269. The topological polar surface area (TPSA) is 52.7 Å². The minimum absolute atomic E-state index is 0.0927. The van der Waals surface area contributed by atoms with Gasteiger partial charge in [-0.3, -0.25) is 4.72 Å². The molecule has 1 aliphatic rings. The van der Waals surface area contributed by atoms with Gasteiger partial charge in [0, 0.05) is 25.5 Å². The van der Waals surface area contributed by atoms with Crippen LogP contribution in [0.15, 0.2) is 30.6 Å². The number of benzene rings is 1. The van der Waals surface area contributed by atoms with Crippen LogP contribution in [-0.4, -0.2) is 43.7 Å². The molecule has 0 amide bonds. The Morgan fingerprint density at radius 2 is 1.58 bits per heavy atom. The van der Waals surface area contributed by atoms with Crippen molar-refractivity contribution in [3.05, 3.63) is 41.7 Å². The van der Waals surface area contributed by atoms with Crippen molar-refractivity contribution in [2.75, 3.05) is 30.2 Å². The summed E-state index contributed by atoms with van der Waals surface area (Å²) < 4.78 is 27.6. The number of rotatable bonds is 11. The molecule has 146 valence electrons. The van der Waals surface area contributed by atoms with Crippen molar-refractivity contribution in [2.24, 2.45) is 0 Å². The predicted octanol–water partition coefficient (Wildman–Crippen LogP) is 4.06. The van der Waals surface area contributed by atoms with Crippen LogP contribution in [-0.2, 0) is 10.0 Å². The van der Waals surface area contributed by atoms with E-state index in [9.17, 15) is 8.42 Å². The summed E-state index contributed by atoms with van der Waals surface area (Å²) in [5.41, 5.74) is 2.60. The molecule has 6 heteroatoms. The van der Waals surface area contributed by atoms with Crippen LogP contribution in [0.25, 0.3) is 0 Å². The van der Waals surface area contributed by atoms with Gasteiger partial charge in [0.05, 0.1) is 18.1 Å². The van der Waals surface area contributed by atoms with Crippen LogP contribution in [0.1, 0.15) is 50.2 Å². The zero-order valence-corrected chi connectivity index (χ0v) is 17.2. The Morgan fingerprint density at radius 1 is 0.962 bits per heavy atom. The number of anilines is 1. The van der Waals surface area contributed by atoms with Gasteiger partial charge in [-0.15, -0.1) is 0 Å². The Kier molecular flexibility index (Phi) is 7.82. The van der Waals surface area contributed by atoms with Crippen LogP contribution in [0.3, 0.4) is 0 Å². The van der Waals surface area contributed by atoms with Gasteiger partial charge in [-0.1, -0.05) is 50.8 Å². The number of nitrogens with one attached hydrogen (secondary N) is 1. The molecule has 0 saturated carbocycles. The number of unbranched alkanes of at least 4 members (excludes halogenated alkanes) is 4. The third-order valence-corrected chi connectivity index (χ3v) is 6.02. The summed E-state index contributed by atoms with van der Waals surface area (Å²) in [7, 11) is -3.36. The molecule has 2 rings (SSSR count). The summed E-state index contributed by atoms with van der Waals surface area (Å²) in [6.45, 7) is 8.41. The monoisotopic (exact) mass is 379 g/mol. The second-order valence-electron chi connectivity index (χ2n) is 7.17. The van der Waals surface area contributed by atoms with Crippen molar-refractivity contribution in [1.82, 2.24) is 9.80 Å². The molecule has 26 heavy (non-hydrogen) atoms. The van der Waals surface area contributed by atoms with E-state index in [0.29, 0.717) is 12.2 Å². The van der Waals surface area contributed by atoms with Gasteiger partial charge < -0.3 is 9.80 Å². The van der Waals surface area contributed by atoms with Gasteiger partial charge in [0.1, 0.15) is 0 Å². The summed E-state index contributed by atoms with van der Waals surface area (Å²) in [5.74, 6) is 0.0927. The van der Waals surface area contributed by atoms with Gasteiger partial charge in [0.25, 0.3) is 0 Å². The van der Waals surface area contributed by atoms with E-state index in [1.807, 2.05) is 38.2 Å². The highest BCUT2D eigenvalue weighted by Gasteiger charge is 2.17. The molecule has 1 aromatic carbocycles. The van der Waals surface area contributed by atoms with E-state index in [1.165, 1.54) is 32.1 Å². The maximum Gasteiger partial charge on any atom is 0.234 e. The standard InChI is InChI=1S/C20H33N3O2S/c1-4-5-6-7-8-12-22-13-14-23(17-22)15-16-26(24,25)21-20-18(2)10-9-11-19(20)3/h9-11,13-14,21H,4-8,12,15-17H2,1-3H3. The molecule has 0 atom stereocenters. The van der Waals surface area contributed by atoms with E-state index in [-0.39, 0.29) is 5.75 Å². The largest absolute Gasteiger partial charge is 0.359 e. The van der Waals surface area contributed by atoms with Crippen molar-refractivity contribution in [3.63, 3.8) is 0 Å². The van der Waals surface area contributed by atoms with Crippen LogP contribution in [0, 0.1) is 13.8 Å². The second-order valence-corrected chi connectivity index (χ2v) is 9.01. The van der Waals surface area contributed by atoms with E-state index in [2.05, 4.69) is 27.6 Å². The molecule has 5 nitrogen and oxygen atoms in total. The van der Waals surface area contributed by atoms with Gasteiger partial charge >= 0.3 is 0 Å². The molecule has 1 aliphatic heterocycles. The van der Waals surface area contributed by atoms with E-state index in [1.54, 1.807) is 0 Å². The first-order chi connectivity index (χ1) is 12.4. The molecule has 0 unspecified atom stereocenters. The summed E-state index contributed by atoms with van der Waals surface area (Å²) in [6.07, 6.45) is 10.4. The number of nitrogens with zero attached hydrogens (tertiary/aromatic N) is 2. The maximum absolute atomic E-state index is 12.4. The van der Waals surface area contributed by atoms with Crippen molar-refractivity contribution in [1.29, 1.82) is 0 Å². The van der Waals surface area contributed by atoms with Gasteiger partial charge in [-0.05, 0) is 31.4 Å². The summed E-state index contributed by atoms with van der Waals surface area (Å²) in [4.78, 5) is 4.33. The van der Waals surface area contributed by atoms with Crippen LogP contribution < -0.4 is 4.72 Å². The molecule has 0 aliphatic carbocycles. The average molecular weight is 380 g/mol. The fraction of sp³-hybridized carbons (Fsp3) is 0.600. The molecule has 0 spiro atoms. The lowest BCUT2D eigenvalue weighted by Crippen LogP contribution is -2.31. The first-order valence-corrected chi connectivity index (χ1v) is 11.3. The molecule has 1 aromatic rings. The van der Waals surface area contributed by atoms with E-state index in [0.717, 1.165) is 24.3 Å². The SMILES string of the molecule is CCCCCCCN1C=CN(CCS(=O)(=O)Nc2c(C)cccc2C)C1. The zero-order chi connectivity index (χ0) is 19.0. The molecule has 0 bridgehead atoms. The lowest BCUT2D eigenvalue weighted by atomic mass is 10.1. The third kappa shape index (κ3) is 6.56. The first kappa shape index (κ1) is 20.6. The highest BCUT2D eigenvalue weighted by Crippen LogP contribution is 2.21. The molecule has 0 saturated heterocycles. The van der Waals surface area contributed by atoms with Gasteiger partial charge in [-0.2, -0.15) is 0 Å². The number of hydrogen-bond acceptors (Lipinski definition) is 4. The van der Waals surface area contributed by atoms with E-state index < -0.39 is 10.0 Å². The Bertz CT molecular complexity index is 681. The van der Waals surface area contributed by atoms with Crippen LogP contribution in [0.2, 0.25) is 0 Å². The number of aryl methyl sites for hydroxylation is 2. The highest BCUT2D eigenvalue weighted by molar-refractivity contribution is 7.92. The Labute approximate surface area is 159 Å². The van der Waals surface area contributed by atoms with Gasteiger partial charge in [0.15, 0.2) is 0 Å². The quantitative estimate of drug-likeness (QED) is 0.589. The molecule has 0 aromatic heterocycles. The summed E-state index contributed by atoms with van der Waals surface area (Å²) in [6, 6.07) is 5.78. The number of sulfonamides is 1. The Balaban J connectivity index is 1.74. The molecule has 1 N–H and O–H groups in total. The van der Waals surface area contributed by atoms with Crippen molar-refractivity contribution in [3.8, 4) is 0 Å². The van der Waals surface area contributed by atoms with E-state index >= 15 is 0 Å². The van der Waals surface area contributed by atoms with Crippen LogP contribution in [0.4, 0.5) is 5.69 Å². The van der Waals surface area contributed by atoms with Crippen LogP contribution in [0.5, 0.6) is 0 Å².